The number of carbonyl (C=O) groups excluding carboxylic acids is 1. The number of aryl methyl sites for hydroxylation is 1. The second-order valence-electron chi connectivity index (χ2n) is 5.31. The molecular formula is C14H21NOS. The van der Waals surface area contributed by atoms with E-state index in [-0.39, 0.29) is 5.54 Å². The van der Waals surface area contributed by atoms with Crippen molar-refractivity contribution in [1.82, 2.24) is 4.90 Å². The minimum atomic E-state index is -0.271. The van der Waals surface area contributed by atoms with Crippen molar-refractivity contribution in [2.45, 2.75) is 45.1 Å². The molecule has 0 atom stereocenters. The van der Waals surface area contributed by atoms with Crippen LogP contribution in [0.25, 0.3) is 0 Å². The minimum Gasteiger partial charge on any atom is -0.298 e. The van der Waals surface area contributed by atoms with E-state index in [2.05, 4.69) is 35.6 Å². The zero-order valence-electron chi connectivity index (χ0n) is 10.7. The van der Waals surface area contributed by atoms with Crippen molar-refractivity contribution >= 4 is 17.1 Å². The fraction of sp³-hybridized carbons (Fsp3) is 0.643. The molecule has 1 aliphatic rings. The number of carbonyl (C=O) groups is 1. The average molecular weight is 251 g/mol. The third-order valence-corrected chi connectivity index (χ3v) is 4.53. The standard InChI is InChI=1S/C14H21NOS/c1-14(2,15-8-3-4-9-15)13(16)6-5-12-7-10-17-11-12/h7,10-11H,3-6,8-9H2,1-2H3. The van der Waals surface area contributed by atoms with Crippen molar-refractivity contribution in [3.63, 3.8) is 0 Å². The van der Waals surface area contributed by atoms with Crippen LogP contribution in [0.5, 0.6) is 0 Å². The summed E-state index contributed by atoms with van der Waals surface area (Å²) >= 11 is 1.70. The summed E-state index contributed by atoms with van der Waals surface area (Å²) in [5.74, 6) is 0.380. The Morgan fingerprint density at radius 3 is 2.71 bits per heavy atom. The summed E-state index contributed by atoms with van der Waals surface area (Å²) in [6.45, 7) is 6.32. The highest BCUT2D eigenvalue weighted by molar-refractivity contribution is 7.07. The van der Waals surface area contributed by atoms with Gasteiger partial charge in [0.2, 0.25) is 0 Å². The molecule has 1 aromatic heterocycles. The summed E-state index contributed by atoms with van der Waals surface area (Å²) in [5.41, 5.74) is 1.02. The highest BCUT2D eigenvalue weighted by Crippen LogP contribution is 2.23. The van der Waals surface area contributed by atoms with Gasteiger partial charge in [-0.25, -0.2) is 0 Å². The molecule has 1 aliphatic heterocycles. The van der Waals surface area contributed by atoms with Gasteiger partial charge in [0.1, 0.15) is 0 Å². The van der Waals surface area contributed by atoms with E-state index >= 15 is 0 Å². The van der Waals surface area contributed by atoms with Crippen LogP contribution >= 0.6 is 11.3 Å². The van der Waals surface area contributed by atoms with Crippen molar-refractivity contribution in [3.8, 4) is 0 Å². The summed E-state index contributed by atoms with van der Waals surface area (Å²) in [6.07, 6.45) is 4.03. The lowest BCUT2D eigenvalue weighted by atomic mass is 9.93. The smallest absolute Gasteiger partial charge is 0.152 e. The van der Waals surface area contributed by atoms with E-state index in [9.17, 15) is 4.79 Å². The molecule has 1 saturated heterocycles. The SMILES string of the molecule is CC(C)(C(=O)CCc1ccsc1)N1CCCC1. The van der Waals surface area contributed by atoms with Crippen molar-refractivity contribution in [1.29, 1.82) is 0 Å². The first-order valence-electron chi connectivity index (χ1n) is 6.40. The van der Waals surface area contributed by atoms with E-state index in [4.69, 9.17) is 0 Å². The van der Waals surface area contributed by atoms with Crippen LogP contribution in [0.3, 0.4) is 0 Å². The summed E-state index contributed by atoms with van der Waals surface area (Å²) in [5, 5.41) is 4.21. The molecule has 1 aromatic rings. The Bertz CT molecular complexity index is 364. The lowest BCUT2D eigenvalue weighted by Crippen LogP contribution is -2.48. The van der Waals surface area contributed by atoms with Crippen molar-refractivity contribution < 1.29 is 4.79 Å². The Morgan fingerprint density at radius 2 is 2.12 bits per heavy atom. The molecular weight excluding hydrogens is 230 g/mol. The maximum absolute atomic E-state index is 12.3. The van der Waals surface area contributed by atoms with Crippen molar-refractivity contribution in [2.24, 2.45) is 0 Å². The normalized spacial score (nSPS) is 17.5. The molecule has 0 spiro atoms. The maximum atomic E-state index is 12.3. The predicted molar refractivity (Wildman–Crippen MR) is 72.5 cm³/mol. The Hall–Kier alpha value is -0.670. The minimum absolute atomic E-state index is 0.271. The van der Waals surface area contributed by atoms with Gasteiger partial charge in [0.15, 0.2) is 5.78 Å². The molecule has 0 saturated carbocycles. The van der Waals surface area contributed by atoms with Gasteiger partial charge >= 0.3 is 0 Å². The topological polar surface area (TPSA) is 20.3 Å². The van der Waals surface area contributed by atoms with Gasteiger partial charge in [0.25, 0.3) is 0 Å². The monoisotopic (exact) mass is 251 g/mol. The summed E-state index contributed by atoms with van der Waals surface area (Å²) in [6, 6.07) is 2.11. The van der Waals surface area contributed by atoms with Crippen LogP contribution in [-0.4, -0.2) is 29.3 Å². The van der Waals surface area contributed by atoms with E-state index in [1.807, 2.05) is 0 Å². The van der Waals surface area contributed by atoms with Gasteiger partial charge in [-0.15, -0.1) is 0 Å². The van der Waals surface area contributed by atoms with Crippen LogP contribution in [0, 0.1) is 0 Å². The molecule has 94 valence electrons. The predicted octanol–water partition coefficient (Wildman–Crippen LogP) is 3.12. The fourth-order valence-corrected chi connectivity index (χ4v) is 3.15. The van der Waals surface area contributed by atoms with Crippen molar-refractivity contribution in [3.05, 3.63) is 22.4 Å². The van der Waals surface area contributed by atoms with Gasteiger partial charge in [0, 0.05) is 6.42 Å². The second kappa shape index (κ2) is 5.32. The molecule has 0 aromatic carbocycles. The number of ketones is 1. The first-order chi connectivity index (χ1) is 8.10. The van der Waals surface area contributed by atoms with E-state index < -0.39 is 0 Å². The van der Waals surface area contributed by atoms with Gasteiger partial charge < -0.3 is 0 Å². The van der Waals surface area contributed by atoms with Crippen LogP contribution in [0.4, 0.5) is 0 Å². The first kappa shape index (κ1) is 12.8. The number of Topliss-reactive ketones (excluding diaryl/α,β-unsaturated/α-hetero) is 1. The van der Waals surface area contributed by atoms with Gasteiger partial charge in [-0.3, -0.25) is 9.69 Å². The number of nitrogens with zero attached hydrogens (tertiary/aromatic N) is 1. The van der Waals surface area contributed by atoms with E-state index in [1.165, 1.54) is 18.4 Å². The molecule has 0 N–H and O–H groups in total. The number of thiophene rings is 1. The van der Waals surface area contributed by atoms with E-state index in [1.54, 1.807) is 11.3 Å². The van der Waals surface area contributed by atoms with Crippen LogP contribution < -0.4 is 0 Å². The molecule has 2 nitrogen and oxygen atoms in total. The number of likely N-dealkylation sites (tertiary alicyclic amines) is 1. The fourth-order valence-electron chi connectivity index (χ4n) is 2.45. The Kier molecular flexibility index (Phi) is 4.00. The zero-order chi connectivity index (χ0) is 12.3. The summed E-state index contributed by atoms with van der Waals surface area (Å²) in [4.78, 5) is 14.6. The molecule has 3 heteroatoms. The van der Waals surface area contributed by atoms with E-state index in [0.717, 1.165) is 19.5 Å². The molecule has 2 heterocycles. The Labute approximate surface area is 108 Å². The second-order valence-corrected chi connectivity index (χ2v) is 6.09. The van der Waals surface area contributed by atoms with Gasteiger partial charge in [-0.2, -0.15) is 11.3 Å². The summed E-state index contributed by atoms with van der Waals surface area (Å²) < 4.78 is 0. The molecule has 0 unspecified atom stereocenters. The summed E-state index contributed by atoms with van der Waals surface area (Å²) in [7, 11) is 0. The van der Waals surface area contributed by atoms with E-state index in [0.29, 0.717) is 12.2 Å². The molecule has 0 amide bonds. The lowest BCUT2D eigenvalue weighted by Gasteiger charge is -2.33. The average Bonchev–Trinajstić information content (AvgIpc) is 2.98. The first-order valence-corrected chi connectivity index (χ1v) is 7.34. The Balaban J connectivity index is 1.89. The molecule has 2 rings (SSSR count). The molecule has 0 aliphatic carbocycles. The van der Waals surface area contributed by atoms with Crippen LogP contribution in [0.1, 0.15) is 38.7 Å². The lowest BCUT2D eigenvalue weighted by molar-refractivity contribution is -0.128. The zero-order valence-corrected chi connectivity index (χ0v) is 11.6. The Morgan fingerprint density at radius 1 is 1.41 bits per heavy atom. The van der Waals surface area contributed by atoms with Gasteiger partial charge in [0.05, 0.1) is 5.54 Å². The van der Waals surface area contributed by atoms with Crippen LogP contribution in [-0.2, 0) is 11.2 Å². The molecule has 0 bridgehead atoms. The molecule has 0 radical (unpaired) electrons. The highest BCUT2D eigenvalue weighted by Gasteiger charge is 2.34. The number of hydrogen-bond donors (Lipinski definition) is 0. The quantitative estimate of drug-likeness (QED) is 0.801. The van der Waals surface area contributed by atoms with Crippen molar-refractivity contribution in [2.75, 3.05) is 13.1 Å². The largest absolute Gasteiger partial charge is 0.298 e. The van der Waals surface area contributed by atoms with Gasteiger partial charge in [-0.1, -0.05) is 0 Å². The maximum Gasteiger partial charge on any atom is 0.152 e. The third kappa shape index (κ3) is 2.96. The highest BCUT2D eigenvalue weighted by atomic mass is 32.1. The molecule has 17 heavy (non-hydrogen) atoms. The van der Waals surface area contributed by atoms with Crippen LogP contribution in [0.15, 0.2) is 16.8 Å². The number of hydrogen-bond acceptors (Lipinski definition) is 3. The third-order valence-electron chi connectivity index (χ3n) is 3.80. The van der Waals surface area contributed by atoms with Crippen LogP contribution in [0.2, 0.25) is 0 Å². The number of rotatable bonds is 5. The molecule has 1 fully saturated rings. The van der Waals surface area contributed by atoms with Gasteiger partial charge in [-0.05, 0) is 68.6 Å².